The first kappa shape index (κ1) is 17.4. The van der Waals surface area contributed by atoms with Crippen LogP contribution in [0.4, 0.5) is 5.13 Å². The van der Waals surface area contributed by atoms with Gasteiger partial charge in [0.05, 0.1) is 29.5 Å². The summed E-state index contributed by atoms with van der Waals surface area (Å²) in [6.07, 6.45) is 0. The molecule has 0 fully saturated rings. The van der Waals surface area contributed by atoms with E-state index in [1.165, 1.54) is 11.3 Å². The Hall–Kier alpha value is -3.06. The minimum Gasteiger partial charge on any atom is -0.496 e. The third-order valence-electron chi connectivity index (χ3n) is 4.39. The first-order chi connectivity index (χ1) is 13.1. The van der Waals surface area contributed by atoms with E-state index >= 15 is 0 Å². The summed E-state index contributed by atoms with van der Waals surface area (Å²) in [6, 6.07) is 13.3. The molecule has 0 saturated heterocycles. The van der Waals surface area contributed by atoms with Crippen molar-refractivity contribution in [2.45, 2.75) is 6.92 Å². The van der Waals surface area contributed by atoms with Crippen LogP contribution in [0, 0.1) is 0 Å². The molecule has 0 spiro atoms. The average molecular weight is 381 g/mol. The minimum atomic E-state index is -0.208. The average Bonchev–Trinajstić information content (AvgIpc) is 3.22. The van der Waals surface area contributed by atoms with E-state index in [4.69, 9.17) is 9.47 Å². The number of hydrogen-bond acceptors (Lipinski definition) is 5. The zero-order chi connectivity index (χ0) is 19.0. The number of hydrogen-bond donors (Lipinski definition) is 1. The Morgan fingerprint density at radius 3 is 2.89 bits per heavy atom. The van der Waals surface area contributed by atoms with Crippen LogP contribution in [0.5, 0.6) is 11.5 Å². The standard InChI is InChI=1S/C20H19N3O3S/c1-4-26-12-8-9-14-18(10-12)27-20(21-14)22-19(24)16-11-13-15(23(16)2)6-5-7-17(13)25-3/h5-11H,4H2,1-3H3,(H,21,22,24). The molecule has 0 saturated carbocycles. The molecule has 0 radical (unpaired) electrons. The molecule has 0 aliphatic carbocycles. The maximum Gasteiger partial charge on any atom is 0.274 e. The second-order valence-electron chi connectivity index (χ2n) is 6.02. The lowest BCUT2D eigenvalue weighted by Gasteiger charge is -2.04. The highest BCUT2D eigenvalue weighted by molar-refractivity contribution is 7.22. The number of amides is 1. The van der Waals surface area contributed by atoms with Crippen LogP contribution in [-0.2, 0) is 7.05 Å². The highest BCUT2D eigenvalue weighted by Crippen LogP contribution is 2.31. The summed E-state index contributed by atoms with van der Waals surface area (Å²) in [7, 11) is 3.49. The Morgan fingerprint density at radius 1 is 1.26 bits per heavy atom. The van der Waals surface area contributed by atoms with Crippen molar-refractivity contribution in [3.05, 3.63) is 48.2 Å². The van der Waals surface area contributed by atoms with Gasteiger partial charge in [0.2, 0.25) is 0 Å². The second-order valence-corrected chi connectivity index (χ2v) is 7.05. The number of aromatic nitrogens is 2. The first-order valence-corrected chi connectivity index (χ1v) is 9.39. The topological polar surface area (TPSA) is 65.4 Å². The number of thiazole rings is 1. The van der Waals surface area contributed by atoms with Crippen LogP contribution in [0.2, 0.25) is 0 Å². The van der Waals surface area contributed by atoms with Gasteiger partial charge in [0.25, 0.3) is 5.91 Å². The molecule has 4 rings (SSSR count). The number of methoxy groups -OCH3 is 1. The predicted octanol–water partition coefficient (Wildman–Crippen LogP) is 4.45. The minimum absolute atomic E-state index is 0.208. The summed E-state index contributed by atoms with van der Waals surface area (Å²) in [5, 5.41) is 4.36. The number of nitrogens with one attached hydrogen (secondary N) is 1. The monoisotopic (exact) mass is 381 g/mol. The fourth-order valence-electron chi connectivity index (χ4n) is 3.11. The van der Waals surface area contributed by atoms with Gasteiger partial charge < -0.3 is 14.0 Å². The summed E-state index contributed by atoms with van der Waals surface area (Å²) >= 11 is 1.42. The Morgan fingerprint density at radius 2 is 2.11 bits per heavy atom. The number of fused-ring (bicyclic) bond motifs is 2. The van der Waals surface area contributed by atoms with Gasteiger partial charge in [-0.05, 0) is 43.3 Å². The number of carbonyl (C=O) groups is 1. The highest BCUT2D eigenvalue weighted by Gasteiger charge is 2.17. The van der Waals surface area contributed by atoms with E-state index in [9.17, 15) is 4.79 Å². The lowest BCUT2D eigenvalue weighted by Crippen LogP contribution is -2.15. The molecule has 138 valence electrons. The smallest absolute Gasteiger partial charge is 0.274 e. The van der Waals surface area contributed by atoms with Crippen molar-refractivity contribution in [1.82, 2.24) is 9.55 Å². The fourth-order valence-corrected chi connectivity index (χ4v) is 3.99. The number of aryl methyl sites for hydroxylation is 1. The SMILES string of the molecule is CCOc1ccc2nc(NC(=O)c3cc4c(OC)cccc4n3C)sc2c1. The molecule has 0 aliphatic rings. The van der Waals surface area contributed by atoms with Gasteiger partial charge in [-0.15, -0.1) is 0 Å². The number of carbonyl (C=O) groups excluding carboxylic acids is 1. The Kier molecular flexibility index (Phi) is 4.45. The molecule has 1 amide bonds. The van der Waals surface area contributed by atoms with Gasteiger partial charge in [0.15, 0.2) is 5.13 Å². The van der Waals surface area contributed by atoms with Crippen molar-refractivity contribution in [1.29, 1.82) is 0 Å². The maximum absolute atomic E-state index is 12.8. The molecule has 0 unspecified atom stereocenters. The summed E-state index contributed by atoms with van der Waals surface area (Å²) in [6.45, 7) is 2.56. The summed E-state index contributed by atoms with van der Waals surface area (Å²) in [5.74, 6) is 1.33. The van der Waals surface area contributed by atoms with Crippen molar-refractivity contribution in [2.24, 2.45) is 7.05 Å². The molecule has 1 N–H and O–H groups in total. The number of ether oxygens (including phenoxy) is 2. The van der Waals surface area contributed by atoms with Crippen LogP contribution < -0.4 is 14.8 Å². The molecular weight excluding hydrogens is 362 g/mol. The molecule has 0 bridgehead atoms. The Labute approximate surface area is 160 Å². The number of anilines is 1. The zero-order valence-electron chi connectivity index (χ0n) is 15.3. The van der Waals surface area contributed by atoms with Crippen molar-refractivity contribution in [2.75, 3.05) is 19.0 Å². The summed E-state index contributed by atoms with van der Waals surface area (Å²) < 4.78 is 13.7. The summed E-state index contributed by atoms with van der Waals surface area (Å²) in [5.41, 5.74) is 2.31. The van der Waals surface area contributed by atoms with E-state index in [0.29, 0.717) is 17.4 Å². The van der Waals surface area contributed by atoms with Crippen molar-refractivity contribution >= 4 is 43.5 Å². The van der Waals surface area contributed by atoms with Gasteiger partial charge in [0.1, 0.15) is 17.2 Å². The van der Waals surface area contributed by atoms with Gasteiger partial charge >= 0.3 is 0 Å². The molecule has 0 atom stereocenters. The molecular formula is C20H19N3O3S. The third-order valence-corrected chi connectivity index (χ3v) is 5.32. The van der Waals surface area contributed by atoms with E-state index in [1.54, 1.807) is 7.11 Å². The molecule has 2 aromatic carbocycles. The maximum atomic E-state index is 12.8. The highest BCUT2D eigenvalue weighted by atomic mass is 32.1. The van der Waals surface area contributed by atoms with Crippen LogP contribution in [0.3, 0.4) is 0 Å². The molecule has 2 aromatic heterocycles. The zero-order valence-corrected chi connectivity index (χ0v) is 16.1. The van der Waals surface area contributed by atoms with Crippen LogP contribution >= 0.6 is 11.3 Å². The quantitative estimate of drug-likeness (QED) is 0.555. The normalized spacial score (nSPS) is 11.1. The Bertz CT molecular complexity index is 1150. The van der Waals surface area contributed by atoms with Crippen LogP contribution in [0.15, 0.2) is 42.5 Å². The van der Waals surface area contributed by atoms with E-state index in [1.807, 2.05) is 61.0 Å². The van der Waals surface area contributed by atoms with Crippen LogP contribution in [0.25, 0.3) is 21.1 Å². The number of benzene rings is 2. The molecule has 7 heteroatoms. The van der Waals surface area contributed by atoms with Crippen molar-refractivity contribution in [3.8, 4) is 11.5 Å². The lowest BCUT2D eigenvalue weighted by atomic mass is 10.2. The van der Waals surface area contributed by atoms with Gasteiger partial charge in [-0.25, -0.2) is 4.98 Å². The van der Waals surface area contributed by atoms with Gasteiger partial charge in [-0.3, -0.25) is 10.1 Å². The molecule has 6 nitrogen and oxygen atoms in total. The van der Waals surface area contributed by atoms with Crippen LogP contribution in [-0.4, -0.2) is 29.2 Å². The largest absolute Gasteiger partial charge is 0.496 e. The van der Waals surface area contributed by atoms with Gasteiger partial charge in [-0.1, -0.05) is 17.4 Å². The van der Waals surface area contributed by atoms with Gasteiger partial charge in [-0.2, -0.15) is 0 Å². The molecule has 2 heterocycles. The third kappa shape index (κ3) is 3.10. The van der Waals surface area contributed by atoms with E-state index < -0.39 is 0 Å². The summed E-state index contributed by atoms with van der Waals surface area (Å²) in [4.78, 5) is 17.3. The second kappa shape index (κ2) is 6.92. The lowest BCUT2D eigenvalue weighted by molar-refractivity contribution is 0.102. The predicted molar refractivity (Wildman–Crippen MR) is 108 cm³/mol. The van der Waals surface area contributed by atoms with Gasteiger partial charge in [0, 0.05) is 12.4 Å². The van der Waals surface area contributed by atoms with Crippen molar-refractivity contribution < 1.29 is 14.3 Å². The fraction of sp³-hybridized carbons (Fsp3) is 0.200. The van der Waals surface area contributed by atoms with Crippen LogP contribution in [0.1, 0.15) is 17.4 Å². The Balaban J connectivity index is 1.65. The number of nitrogens with zero attached hydrogens (tertiary/aromatic N) is 2. The van der Waals surface area contributed by atoms with E-state index in [-0.39, 0.29) is 5.91 Å². The van der Waals surface area contributed by atoms with E-state index in [2.05, 4.69) is 10.3 Å². The number of rotatable bonds is 5. The van der Waals surface area contributed by atoms with Crippen molar-refractivity contribution in [3.63, 3.8) is 0 Å². The van der Waals surface area contributed by atoms with E-state index in [0.717, 1.165) is 32.6 Å². The molecule has 0 aliphatic heterocycles. The first-order valence-electron chi connectivity index (χ1n) is 8.58. The molecule has 27 heavy (non-hydrogen) atoms. The molecule has 4 aromatic rings.